The number of benzene rings is 1. The molecule has 4 heteroatoms. The summed E-state index contributed by atoms with van der Waals surface area (Å²) in [6.07, 6.45) is 4.26. The van der Waals surface area contributed by atoms with E-state index in [0.29, 0.717) is 0 Å². The van der Waals surface area contributed by atoms with E-state index < -0.39 is 0 Å². The van der Waals surface area contributed by atoms with E-state index in [-0.39, 0.29) is 18.0 Å². The number of halogens is 1. The predicted molar refractivity (Wildman–Crippen MR) is 90.2 cm³/mol. The van der Waals surface area contributed by atoms with Crippen LogP contribution in [0.1, 0.15) is 51.1 Å². The predicted octanol–water partition coefficient (Wildman–Crippen LogP) is 3.89. The molecule has 2 atom stereocenters. The summed E-state index contributed by atoms with van der Waals surface area (Å²) in [7, 11) is 0. The maximum Gasteiger partial charge on any atom is 0.240 e. The van der Waals surface area contributed by atoms with Gasteiger partial charge in [-0.1, -0.05) is 47.5 Å². The maximum absolute atomic E-state index is 12.9. The Morgan fingerprint density at radius 1 is 1.43 bits per heavy atom. The van der Waals surface area contributed by atoms with Gasteiger partial charge in [0.2, 0.25) is 5.91 Å². The molecule has 1 aromatic rings. The van der Waals surface area contributed by atoms with Gasteiger partial charge in [0.1, 0.15) is 0 Å². The largest absolute Gasteiger partial charge is 0.335 e. The van der Waals surface area contributed by atoms with Crippen LogP contribution in [-0.4, -0.2) is 29.9 Å². The zero-order chi connectivity index (χ0) is 15.2. The number of carbonyl (C=O) groups is 1. The van der Waals surface area contributed by atoms with Crippen LogP contribution in [0.15, 0.2) is 28.7 Å². The molecule has 1 aliphatic rings. The fourth-order valence-corrected chi connectivity index (χ4v) is 3.60. The van der Waals surface area contributed by atoms with E-state index in [2.05, 4.69) is 41.2 Å². The van der Waals surface area contributed by atoms with Crippen molar-refractivity contribution in [2.75, 3.05) is 13.1 Å². The number of carbonyl (C=O) groups excluding carboxylic acids is 1. The van der Waals surface area contributed by atoms with Crippen LogP contribution in [0, 0.1) is 0 Å². The molecule has 21 heavy (non-hydrogen) atoms. The number of hydrogen-bond donors (Lipinski definition) is 1. The van der Waals surface area contributed by atoms with Gasteiger partial charge in [0.25, 0.3) is 0 Å². The molecule has 1 N–H and O–H groups in total. The van der Waals surface area contributed by atoms with Gasteiger partial charge < -0.3 is 10.2 Å². The summed E-state index contributed by atoms with van der Waals surface area (Å²) in [5.41, 5.74) is 1.18. The first-order valence-corrected chi connectivity index (χ1v) is 8.72. The number of nitrogens with zero attached hydrogens (tertiary/aromatic N) is 1. The van der Waals surface area contributed by atoms with Gasteiger partial charge in [0.05, 0.1) is 12.1 Å². The van der Waals surface area contributed by atoms with Gasteiger partial charge in [-0.05, 0) is 44.4 Å². The fraction of sp³-hybridized carbons (Fsp3) is 0.588. The molecule has 0 saturated carbocycles. The molecule has 1 saturated heterocycles. The van der Waals surface area contributed by atoms with Crippen LogP contribution in [0.25, 0.3) is 0 Å². The van der Waals surface area contributed by atoms with Crippen molar-refractivity contribution in [2.24, 2.45) is 0 Å². The van der Waals surface area contributed by atoms with Crippen molar-refractivity contribution in [3.8, 4) is 0 Å². The van der Waals surface area contributed by atoms with Gasteiger partial charge in [0, 0.05) is 11.0 Å². The van der Waals surface area contributed by atoms with Crippen LogP contribution in [0.4, 0.5) is 0 Å². The van der Waals surface area contributed by atoms with Crippen molar-refractivity contribution in [1.29, 1.82) is 0 Å². The Bertz CT molecular complexity index is 472. The second-order valence-corrected chi connectivity index (χ2v) is 6.59. The van der Waals surface area contributed by atoms with Gasteiger partial charge in [-0.15, -0.1) is 0 Å². The molecule has 0 spiro atoms. The molecular formula is C17H25BrN2O. The summed E-state index contributed by atoms with van der Waals surface area (Å²) in [6, 6.07) is 8.27. The Morgan fingerprint density at radius 2 is 2.19 bits per heavy atom. The maximum atomic E-state index is 12.9. The topological polar surface area (TPSA) is 32.3 Å². The normalized spacial score (nSPS) is 20.0. The molecule has 1 fully saturated rings. The highest BCUT2D eigenvalue weighted by atomic mass is 79.9. The first kappa shape index (κ1) is 16.5. The van der Waals surface area contributed by atoms with Gasteiger partial charge in [-0.25, -0.2) is 0 Å². The second-order valence-electron chi connectivity index (χ2n) is 5.73. The lowest BCUT2D eigenvalue weighted by atomic mass is 10.0. The smallest absolute Gasteiger partial charge is 0.240 e. The molecule has 1 amide bonds. The first-order chi connectivity index (χ1) is 10.1. The summed E-state index contributed by atoms with van der Waals surface area (Å²) in [4.78, 5) is 14.9. The van der Waals surface area contributed by atoms with Crippen LogP contribution < -0.4 is 5.32 Å². The minimum Gasteiger partial charge on any atom is -0.335 e. The van der Waals surface area contributed by atoms with Crippen LogP contribution >= 0.6 is 15.9 Å². The summed E-state index contributed by atoms with van der Waals surface area (Å²) < 4.78 is 1.07. The van der Waals surface area contributed by atoms with Gasteiger partial charge in [-0.2, -0.15) is 0 Å². The van der Waals surface area contributed by atoms with E-state index in [1.807, 2.05) is 23.1 Å². The summed E-state index contributed by atoms with van der Waals surface area (Å²) in [5.74, 6) is 0.250. The lowest BCUT2D eigenvalue weighted by Gasteiger charge is -2.34. The van der Waals surface area contributed by atoms with E-state index in [9.17, 15) is 4.79 Å². The minimum absolute atomic E-state index is 0.00441. The first-order valence-electron chi connectivity index (χ1n) is 7.93. The third-order valence-electron chi connectivity index (χ3n) is 4.18. The van der Waals surface area contributed by atoms with Crippen molar-refractivity contribution < 1.29 is 4.79 Å². The van der Waals surface area contributed by atoms with E-state index >= 15 is 0 Å². The Labute approximate surface area is 136 Å². The lowest BCUT2D eigenvalue weighted by molar-refractivity contribution is -0.136. The third kappa shape index (κ3) is 4.07. The van der Waals surface area contributed by atoms with Gasteiger partial charge in [-0.3, -0.25) is 4.79 Å². The van der Waals surface area contributed by atoms with Crippen LogP contribution in [0.3, 0.4) is 0 Å². The highest BCUT2D eigenvalue weighted by Gasteiger charge is 2.29. The fourth-order valence-electron chi connectivity index (χ4n) is 2.98. The van der Waals surface area contributed by atoms with Crippen LogP contribution in [0.2, 0.25) is 0 Å². The number of amides is 1. The number of hydrogen-bond acceptors (Lipinski definition) is 2. The van der Waals surface area contributed by atoms with E-state index in [1.165, 1.54) is 12.0 Å². The zero-order valence-corrected chi connectivity index (χ0v) is 14.5. The molecule has 0 bridgehead atoms. The van der Waals surface area contributed by atoms with E-state index in [4.69, 9.17) is 0 Å². The Kier molecular flexibility index (Phi) is 6.24. The number of rotatable bonds is 5. The Balaban J connectivity index is 2.17. The summed E-state index contributed by atoms with van der Waals surface area (Å²) >= 11 is 3.61. The van der Waals surface area contributed by atoms with Crippen molar-refractivity contribution >= 4 is 21.8 Å². The average molecular weight is 353 g/mol. The standard InChI is InChI=1S/C17H25BrN2O/c1-3-12-20(17(21)16-10-6-7-11-19-16)13(2)14-8-4-5-9-15(14)18/h4-5,8-9,13,16,19H,3,6-7,10-12H2,1-2H3. The number of piperidine rings is 1. The number of nitrogens with one attached hydrogen (secondary N) is 1. The van der Waals surface area contributed by atoms with Gasteiger partial charge in [0.15, 0.2) is 0 Å². The molecule has 0 radical (unpaired) electrons. The lowest BCUT2D eigenvalue weighted by Crippen LogP contribution is -2.49. The summed E-state index contributed by atoms with van der Waals surface area (Å²) in [6.45, 7) is 6.01. The van der Waals surface area contributed by atoms with E-state index in [1.54, 1.807) is 0 Å². The highest BCUT2D eigenvalue weighted by molar-refractivity contribution is 9.10. The highest BCUT2D eigenvalue weighted by Crippen LogP contribution is 2.28. The average Bonchev–Trinajstić information content (AvgIpc) is 2.52. The van der Waals surface area contributed by atoms with E-state index in [0.717, 1.165) is 36.8 Å². The molecule has 3 nitrogen and oxygen atoms in total. The molecule has 2 rings (SSSR count). The monoisotopic (exact) mass is 352 g/mol. The van der Waals surface area contributed by atoms with Crippen molar-refractivity contribution in [3.63, 3.8) is 0 Å². The minimum atomic E-state index is -0.00441. The Morgan fingerprint density at radius 3 is 2.81 bits per heavy atom. The molecule has 2 unspecified atom stereocenters. The van der Waals surface area contributed by atoms with Gasteiger partial charge >= 0.3 is 0 Å². The van der Waals surface area contributed by atoms with Crippen molar-refractivity contribution in [2.45, 2.75) is 51.6 Å². The van der Waals surface area contributed by atoms with Crippen molar-refractivity contribution in [3.05, 3.63) is 34.3 Å². The molecular weight excluding hydrogens is 328 g/mol. The Hall–Kier alpha value is -0.870. The van der Waals surface area contributed by atoms with Crippen molar-refractivity contribution in [1.82, 2.24) is 10.2 Å². The SMILES string of the molecule is CCCN(C(=O)C1CCCCN1)C(C)c1ccccc1Br. The molecule has 1 aromatic carbocycles. The van der Waals surface area contributed by atoms with Crippen LogP contribution in [-0.2, 0) is 4.79 Å². The third-order valence-corrected chi connectivity index (χ3v) is 4.90. The van der Waals surface area contributed by atoms with Crippen LogP contribution in [0.5, 0.6) is 0 Å². The molecule has 0 aliphatic carbocycles. The molecule has 0 aromatic heterocycles. The zero-order valence-electron chi connectivity index (χ0n) is 12.9. The quantitative estimate of drug-likeness (QED) is 0.871. The molecule has 1 heterocycles. The molecule has 116 valence electrons. The summed E-state index contributed by atoms with van der Waals surface area (Å²) in [5, 5.41) is 3.38. The second kappa shape index (κ2) is 7.95. The molecule has 1 aliphatic heterocycles.